The second-order valence-electron chi connectivity index (χ2n) is 6.51. The number of nitrogens with one attached hydrogen (secondary N) is 1. The van der Waals surface area contributed by atoms with Crippen LogP contribution in [0.5, 0.6) is 0 Å². The molecule has 0 radical (unpaired) electrons. The Balaban J connectivity index is 1.83. The van der Waals surface area contributed by atoms with Crippen LogP contribution < -0.4 is 4.72 Å². The van der Waals surface area contributed by atoms with Gasteiger partial charge in [-0.15, -0.1) is 0 Å². The van der Waals surface area contributed by atoms with Gasteiger partial charge in [0.05, 0.1) is 15.6 Å². The first-order chi connectivity index (χ1) is 14.2. The van der Waals surface area contributed by atoms with Gasteiger partial charge in [0.15, 0.2) is 0 Å². The van der Waals surface area contributed by atoms with Crippen molar-refractivity contribution < 1.29 is 17.6 Å². The van der Waals surface area contributed by atoms with E-state index >= 15 is 0 Å². The van der Waals surface area contributed by atoms with Gasteiger partial charge in [0, 0.05) is 24.2 Å². The fourth-order valence-corrected chi connectivity index (χ4v) is 4.22. The quantitative estimate of drug-likeness (QED) is 0.542. The number of anilines is 1. The summed E-state index contributed by atoms with van der Waals surface area (Å²) in [5.74, 6) is -0.894. The van der Waals surface area contributed by atoms with E-state index in [4.69, 9.17) is 23.2 Å². The molecular formula is C21H17Cl2FN2O3S. The zero-order valence-corrected chi connectivity index (χ0v) is 18.1. The highest BCUT2D eigenvalue weighted by molar-refractivity contribution is 7.92. The highest BCUT2D eigenvalue weighted by atomic mass is 35.5. The van der Waals surface area contributed by atoms with Crippen molar-refractivity contribution in [3.05, 3.63) is 93.7 Å². The Bertz CT molecular complexity index is 1190. The third kappa shape index (κ3) is 5.11. The topological polar surface area (TPSA) is 66.5 Å². The average Bonchev–Trinajstić information content (AvgIpc) is 2.71. The predicted molar refractivity (Wildman–Crippen MR) is 116 cm³/mol. The van der Waals surface area contributed by atoms with E-state index in [1.165, 1.54) is 23.1 Å². The summed E-state index contributed by atoms with van der Waals surface area (Å²) in [6, 6.07) is 15.8. The fourth-order valence-electron chi connectivity index (χ4n) is 2.73. The Morgan fingerprint density at radius 1 is 1.00 bits per heavy atom. The van der Waals surface area contributed by atoms with Crippen LogP contribution in [0, 0.1) is 5.82 Å². The maximum absolute atomic E-state index is 13.1. The van der Waals surface area contributed by atoms with Gasteiger partial charge in [-0.3, -0.25) is 9.52 Å². The summed E-state index contributed by atoms with van der Waals surface area (Å²) in [7, 11) is -2.40. The van der Waals surface area contributed by atoms with Gasteiger partial charge in [-0.1, -0.05) is 41.4 Å². The Labute approximate surface area is 184 Å². The standard InChI is InChI=1S/C21H17Cl2FN2O3S/c1-26(13-15-4-2-3-5-18(15)22)21(27)14-6-11-19(23)20(12-14)25-30(28,29)17-9-7-16(24)8-10-17/h2-12,25H,13H2,1H3. The molecule has 0 aliphatic carbocycles. The molecule has 0 saturated heterocycles. The van der Waals surface area contributed by atoms with Crippen molar-refractivity contribution in [2.45, 2.75) is 11.4 Å². The number of benzene rings is 3. The van der Waals surface area contributed by atoms with Gasteiger partial charge >= 0.3 is 0 Å². The summed E-state index contributed by atoms with van der Waals surface area (Å²) in [5.41, 5.74) is 1.06. The van der Waals surface area contributed by atoms with Crippen LogP contribution in [0.3, 0.4) is 0 Å². The van der Waals surface area contributed by atoms with Crippen molar-refractivity contribution in [2.75, 3.05) is 11.8 Å². The number of rotatable bonds is 6. The third-order valence-electron chi connectivity index (χ3n) is 4.29. The second-order valence-corrected chi connectivity index (χ2v) is 9.00. The molecule has 0 aliphatic heterocycles. The van der Waals surface area contributed by atoms with Crippen LogP contribution in [0.4, 0.5) is 10.1 Å². The molecule has 3 rings (SSSR count). The molecule has 0 fully saturated rings. The number of hydrogen-bond acceptors (Lipinski definition) is 3. The summed E-state index contributed by atoms with van der Waals surface area (Å²) in [6.45, 7) is 0.276. The normalized spacial score (nSPS) is 11.2. The summed E-state index contributed by atoms with van der Waals surface area (Å²) in [4.78, 5) is 14.1. The molecule has 5 nitrogen and oxygen atoms in total. The monoisotopic (exact) mass is 466 g/mol. The van der Waals surface area contributed by atoms with E-state index < -0.39 is 15.8 Å². The molecule has 0 bridgehead atoms. The number of carbonyl (C=O) groups is 1. The van der Waals surface area contributed by atoms with Crippen molar-refractivity contribution in [2.24, 2.45) is 0 Å². The predicted octanol–water partition coefficient (Wildman–Crippen LogP) is 5.21. The lowest BCUT2D eigenvalue weighted by molar-refractivity contribution is 0.0785. The molecule has 0 spiro atoms. The Kier molecular flexibility index (Phi) is 6.65. The van der Waals surface area contributed by atoms with Crippen molar-refractivity contribution in [1.82, 2.24) is 4.90 Å². The molecular weight excluding hydrogens is 450 g/mol. The Morgan fingerprint density at radius 2 is 1.67 bits per heavy atom. The highest BCUT2D eigenvalue weighted by Crippen LogP contribution is 2.27. The molecule has 0 aromatic heterocycles. The van der Waals surface area contributed by atoms with Gasteiger partial charge in [-0.2, -0.15) is 0 Å². The maximum atomic E-state index is 13.1. The lowest BCUT2D eigenvalue weighted by atomic mass is 10.1. The minimum absolute atomic E-state index is 0.0398. The SMILES string of the molecule is CN(Cc1ccccc1Cl)C(=O)c1ccc(Cl)c(NS(=O)(=O)c2ccc(F)cc2)c1. The molecule has 0 heterocycles. The lowest BCUT2D eigenvalue weighted by Gasteiger charge is -2.19. The minimum atomic E-state index is -4.01. The average molecular weight is 467 g/mol. The van der Waals surface area contributed by atoms with Crippen molar-refractivity contribution >= 4 is 44.8 Å². The molecule has 3 aromatic rings. The van der Waals surface area contributed by atoms with E-state index in [0.29, 0.717) is 5.02 Å². The van der Waals surface area contributed by atoms with Crippen LogP contribution in [0.2, 0.25) is 10.0 Å². The maximum Gasteiger partial charge on any atom is 0.261 e. The molecule has 0 unspecified atom stereocenters. The lowest BCUT2D eigenvalue weighted by Crippen LogP contribution is -2.26. The zero-order valence-electron chi connectivity index (χ0n) is 15.8. The minimum Gasteiger partial charge on any atom is -0.337 e. The van der Waals surface area contributed by atoms with E-state index in [0.717, 1.165) is 29.8 Å². The second kappa shape index (κ2) is 9.04. The van der Waals surface area contributed by atoms with Crippen molar-refractivity contribution in [3.63, 3.8) is 0 Å². The van der Waals surface area contributed by atoms with Gasteiger partial charge < -0.3 is 4.90 Å². The summed E-state index contributed by atoms with van der Waals surface area (Å²) in [5, 5.41) is 0.659. The van der Waals surface area contributed by atoms with Crippen molar-refractivity contribution in [3.8, 4) is 0 Å². The number of hydrogen-bond donors (Lipinski definition) is 1. The number of sulfonamides is 1. The summed E-state index contributed by atoms with van der Waals surface area (Å²) in [6.07, 6.45) is 0. The number of amides is 1. The smallest absolute Gasteiger partial charge is 0.261 e. The molecule has 1 amide bonds. The van der Waals surface area contributed by atoms with Crippen LogP contribution >= 0.6 is 23.2 Å². The fraction of sp³-hybridized carbons (Fsp3) is 0.0952. The van der Waals surface area contributed by atoms with Gasteiger partial charge in [0.1, 0.15) is 5.82 Å². The molecule has 9 heteroatoms. The number of carbonyl (C=O) groups excluding carboxylic acids is 1. The van der Waals surface area contributed by atoms with Crippen LogP contribution in [-0.2, 0) is 16.6 Å². The van der Waals surface area contributed by atoms with E-state index in [9.17, 15) is 17.6 Å². The molecule has 0 aliphatic rings. The number of halogens is 3. The Hall–Kier alpha value is -2.61. The summed E-state index contributed by atoms with van der Waals surface area (Å²) >= 11 is 12.3. The largest absolute Gasteiger partial charge is 0.337 e. The van der Waals surface area contributed by atoms with E-state index in [1.807, 2.05) is 12.1 Å². The van der Waals surface area contributed by atoms with E-state index in [-0.39, 0.29) is 33.6 Å². The third-order valence-corrected chi connectivity index (χ3v) is 6.37. The molecule has 3 aromatic carbocycles. The molecule has 0 atom stereocenters. The first-order valence-electron chi connectivity index (χ1n) is 8.74. The molecule has 30 heavy (non-hydrogen) atoms. The van der Waals surface area contributed by atoms with Gasteiger partial charge in [0.2, 0.25) is 0 Å². The van der Waals surface area contributed by atoms with Gasteiger partial charge in [0.25, 0.3) is 15.9 Å². The van der Waals surface area contributed by atoms with E-state index in [1.54, 1.807) is 19.2 Å². The molecule has 156 valence electrons. The van der Waals surface area contributed by atoms with Gasteiger partial charge in [-0.05, 0) is 54.1 Å². The Morgan fingerprint density at radius 3 is 2.33 bits per heavy atom. The number of nitrogens with zero attached hydrogens (tertiary/aromatic N) is 1. The zero-order chi connectivity index (χ0) is 21.9. The summed E-state index contributed by atoms with van der Waals surface area (Å²) < 4.78 is 40.5. The molecule has 1 N–H and O–H groups in total. The van der Waals surface area contributed by atoms with E-state index in [2.05, 4.69) is 4.72 Å². The first-order valence-corrected chi connectivity index (χ1v) is 11.0. The van der Waals surface area contributed by atoms with Crippen molar-refractivity contribution in [1.29, 1.82) is 0 Å². The molecule has 0 saturated carbocycles. The van der Waals surface area contributed by atoms with Crippen LogP contribution in [-0.4, -0.2) is 26.3 Å². The first kappa shape index (κ1) is 22.1. The van der Waals surface area contributed by atoms with Crippen LogP contribution in [0.15, 0.2) is 71.6 Å². The highest BCUT2D eigenvalue weighted by Gasteiger charge is 2.19. The van der Waals surface area contributed by atoms with Crippen LogP contribution in [0.1, 0.15) is 15.9 Å². The van der Waals surface area contributed by atoms with Gasteiger partial charge in [-0.25, -0.2) is 12.8 Å². The van der Waals surface area contributed by atoms with Crippen LogP contribution in [0.25, 0.3) is 0 Å².